The number of carbonyl (C=O) groups excluding carboxylic acids is 1. The number of thiophene rings is 1. The zero-order valence-corrected chi connectivity index (χ0v) is 14.7. The van der Waals surface area contributed by atoms with E-state index in [2.05, 4.69) is 10.1 Å². The number of aromatic nitrogens is 2. The van der Waals surface area contributed by atoms with Gasteiger partial charge < -0.3 is 18.7 Å². The molecule has 4 rings (SSSR count). The van der Waals surface area contributed by atoms with Gasteiger partial charge in [0.15, 0.2) is 18.1 Å². The molecule has 0 fully saturated rings. The van der Waals surface area contributed by atoms with Gasteiger partial charge in [-0.2, -0.15) is 4.98 Å². The van der Waals surface area contributed by atoms with Crippen LogP contribution in [0.15, 0.2) is 40.2 Å². The van der Waals surface area contributed by atoms with E-state index >= 15 is 0 Å². The van der Waals surface area contributed by atoms with Crippen molar-refractivity contribution in [2.45, 2.75) is 6.61 Å². The number of esters is 1. The average Bonchev–Trinajstić information content (AvgIpc) is 3.38. The van der Waals surface area contributed by atoms with E-state index in [1.807, 2.05) is 17.5 Å². The molecule has 0 spiro atoms. The van der Waals surface area contributed by atoms with Crippen LogP contribution in [0.5, 0.6) is 11.5 Å². The van der Waals surface area contributed by atoms with Crippen molar-refractivity contribution in [3.63, 3.8) is 0 Å². The standard InChI is InChI=1S/C17H11ClN2O5S/c18-11-6-10(7-12-16(11)24-9-23-12)3-4-15(21)22-8-14-19-17(20-25-14)13-2-1-5-26-13/h1-7H,8-9H2/b4-3+. The summed E-state index contributed by atoms with van der Waals surface area (Å²) in [7, 11) is 0. The first-order chi connectivity index (χ1) is 12.7. The molecule has 3 heterocycles. The van der Waals surface area contributed by atoms with Crippen LogP contribution < -0.4 is 9.47 Å². The smallest absolute Gasteiger partial charge is 0.331 e. The Morgan fingerprint density at radius 2 is 2.31 bits per heavy atom. The predicted octanol–water partition coefficient (Wildman–Crippen LogP) is 3.94. The highest BCUT2D eigenvalue weighted by Crippen LogP contribution is 2.40. The van der Waals surface area contributed by atoms with E-state index in [1.165, 1.54) is 17.4 Å². The Morgan fingerprint density at radius 1 is 1.38 bits per heavy atom. The van der Waals surface area contributed by atoms with E-state index < -0.39 is 5.97 Å². The van der Waals surface area contributed by atoms with Crippen LogP contribution >= 0.6 is 22.9 Å². The van der Waals surface area contributed by atoms with Gasteiger partial charge in [0.1, 0.15) is 0 Å². The van der Waals surface area contributed by atoms with Crippen molar-refractivity contribution in [3.05, 3.63) is 52.2 Å². The van der Waals surface area contributed by atoms with Crippen LogP contribution in [0.25, 0.3) is 16.8 Å². The van der Waals surface area contributed by atoms with Crippen molar-refractivity contribution >= 4 is 35.0 Å². The highest BCUT2D eigenvalue weighted by atomic mass is 35.5. The lowest BCUT2D eigenvalue weighted by Crippen LogP contribution is -2.00. The Morgan fingerprint density at radius 3 is 3.15 bits per heavy atom. The molecule has 0 aliphatic carbocycles. The van der Waals surface area contributed by atoms with E-state index in [-0.39, 0.29) is 19.3 Å². The molecule has 9 heteroatoms. The van der Waals surface area contributed by atoms with Gasteiger partial charge in [-0.25, -0.2) is 4.79 Å². The third-order valence-corrected chi connectivity index (χ3v) is 4.56. The minimum Gasteiger partial charge on any atom is -0.454 e. The third kappa shape index (κ3) is 3.56. The number of benzene rings is 1. The van der Waals surface area contributed by atoms with E-state index in [0.717, 1.165) is 4.88 Å². The van der Waals surface area contributed by atoms with Crippen molar-refractivity contribution in [2.75, 3.05) is 6.79 Å². The van der Waals surface area contributed by atoms with Crippen LogP contribution in [0.1, 0.15) is 11.5 Å². The average molecular weight is 391 g/mol. The van der Waals surface area contributed by atoms with Crippen LogP contribution in [-0.4, -0.2) is 22.9 Å². The number of hydrogen-bond acceptors (Lipinski definition) is 8. The maximum atomic E-state index is 11.9. The minimum atomic E-state index is -0.547. The molecular weight excluding hydrogens is 380 g/mol. The first-order valence-corrected chi connectivity index (χ1v) is 8.75. The topological polar surface area (TPSA) is 83.7 Å². The van der Waals surface area contributed by atoms with Gasteiger partial charge in [0.2, 0.25) is 12.6 Å². The monoisotopic (exact) mass is 390 g/mol. The van der Waals surface area contributed by atoms with Gasteiger partial charge in [0.25, 0.3) is 5.89 Å². The van der Waals surface area contributed by atoms with Crippen LogP contribution in [0, 0.1) is 0 Å². The van der Waals surface area contributed by atoms with Crippen molar-refractivity contribution < 1.29 is 23.5 Å². The highest BCUT2D eigenvalue weighted by Gasteiger charge is 2.17. The van der Waals surface area contributed by atoms with Gasteiger partial charge >= 0.3 is 5.97 Å². The fourth-order valence-corrected chi connectivity index (χ4v) is 3.17. The second-order valence-corrected chi connectivity index (χ2v) is 6.52. The molecule has 1 aliphatic heterocycles. The molecule has 1 aliphatic rings. The lowest BCUT2D eigenvalue weighted by atomic mass is 10.2. The maximum Gasteiger partial charge on any atom is 0.331 e. The number of carbonyl (C=O) groups is 1. The van der Waals surface area contributed by atoms with E-state index in [9.17, 15) is 4.79 Å². The number of ether oxygens (including phenoxy) is 3. The van der Waals surface area contributed by atoms with Crippen molar-refractivity contribution in [1.29, 1.82) is 0 Å². The van der Waals surface area contributed by atoms with Crippen LogP contribution in [0.4, 0.5) is 0 Å². The third-order valence-electron chi connectivity index (χ3n) is 3.41. The lowest BCUT2D eigenvalue weighted by molar-refractivity contribution is -0.139. The van der Waals surface area contributed by atoms with Gasteiger partial charge in [0.05, 0.1) is 9.90 Å². The van der Waals surface area contributed by atoms with Crippen molar-refractivity contribution in [3.8, 4) is 22.2 Å². The van der Waals surface area contributed by atoms with Crippen molar-refractivity contribution in [1.82, 2.24) is 10.1 Å². The molecule has 0 atom stereocenters. The highest BCUT2D eigenvalue weighted by molar-refractivity contribution is 7.13. The SMILES string of the molecule is O=C(/C=C/c1cc(Cl)c2c(c1)OCO2)OCc1nc(-c2cccs2)no1. The summed E-state index contributed by atoms with van der Waals surface area (Å²) in [4.78, 5) is 16.9. The van der Waals surface area contributed by atoms with E-state index in [1.54, 1.807) is 18.2 Å². The van der Waals surface area contributed by atoms with Gasteiger partial charge in [-0.15, -0.1) is 11.3 Å². The molecule has 26 heavy (non-hydrogen) atoms. The Balaban J connectivity index is 1.36. The predicted molar refractivity (Wildman–Crippen MR) is 94.0 cm³/mol. The fourth-order valence-electron chi connectivity index (χ4n) is 2.25. The molecule has 0 radical (unpaired) electrons. The molecule has 0 N–H and O–H groups in total. The molecule has 1 aromatic carbocycles. The summed E-state index contributed by atoms with van der Waals surface area (Å²) >= 11 is 7.59. The Bertz CT molecular complexity index is 968. The maximum absolute atomic E-state index is 11.9. The summed E-state index contributed by atoms with van der Waals surface area (Å²) < 4.78 is 20.7. The zero-order valence-electron chi connectivity index (χ0n) is 13.2. The summed E-state index contributed by atoms with van der Waals surface area (Å²) in [5.74, 6) is 1.19. The van der Waals surface area contributed by atoms with Gasteiger partial charge in [-0.05, 0) is 35.2 Å². The van der Waals surface area contributed by atoms with Crippen LogP contribution in [-0.2, 0) is 16.1 Å². The second kappa shape index (κ2) is 7.19. The molecule has 0 amide bonds. The lowest BCUT2D eigenvalue weighted by Gasteiger charge is -2.01. The van der Waals surface area contributed by atoms with Gasteiger partial charge in [0, 0.05) is 6.08 Å². The molecule has 0 saturated carbocycles. The molecule has 3 aromatic rings. The number of nitrogens with zero attached hydrogens (tertiary/aromatic N) is 2. The summed E-state index contributed by atoms with van der Waals surface area (Å²) in [5, 5.41) is 6.18. The Kier molecular flexibility index (Phi) is 4.59. The molecule has 0 saturated heterocycles. The summed E-state index contributed by atoms with van der Waals surface area (Å²) in [6.45, 7) is 0.0192. The fraction of sp³-hybridized carbons (Fsp3) is 0.118. The molecule has 0 unspecified atom stereocenters. The molecule has 132 valence electrons. The molecule has 2 aromatic heterocycles. The quantitative estimate of drug-likeness (QED) is 0.482. The summed E-state index contributed by atoms with van der Waals surface area (Å²) in [6.07, 6.45) is 2.85. The Labute approximate surface area is 156 Å². The largest absolute Gasteiger partial charge is 0.454 e. The number of hydrogen-bond donors (Lipinski definition) is 0. The summed E-state index contributed by atoms with van der Waals surface area (Å²) in [5.41, 5.74) is 0.689. The molecule has 0 bridgehead atoms. The van der Waals surface area contributed by atoms with Crippen LogP contribution in [0.3, 0.4) is 0 Å². The first kappa shape index (κ1) is 16.6. The van der Waals surface area contributed by atoms with Gasteiger partial charge in [-0.3, -0.25) is 0 Å². The normalized spacial score (nSPS) is 12.7. The zero-order chi connectivity index (χ0) is 17.9. The first-order valence-electron chi connectivity index (χ1n) is 7.49. The van der Waals surface area contributed by atoms with E-state index in [4.69, 9.17) is 30.3 Å². The molecular formula is C17H11ClN2O5S. The molecule has 7 nitrogen and oxygen atoms in total. The minimum absolute atomic E-state index is 0.108. The van der Waals surface area contributed by atoms with Gasteiger partial charge in [-0.1, -0.05) is 22.8 Å². The van der Waals surface area contributed by atoms with Crippen molar-refractivity contribution in [2.24, 2.45) is 0 Å². The number of fused-ring (bicyclic) bond motifs is 1. The second-order valence-electron chi connectivity index (χ2n) is 5.17. The van der Waals surface area contributed by atoms with E-state index in [0.29, 0.717) is 27.9 Å². The number of halogens is 1. The summed E-state index contributed by atoms with van der Waals surface area (Å²) in [6, 6.07) is 7.17. The number of rotatable bonds is 5. The van der Waals surface area contributed by atoms with Crippen LogP contribution in [0.2, 0.25) is 5.02 Å². The Hall–Kier alpha value is -2.84.